The summed E-state index contributed by atoms with van der Waals surface area (Å²) >= 11 is 0. The van der Waals surface area contributed by atoms with Gasteiger partial charge in [-0.25, -0.2) is 0 Å². The van der Waals surface area contributed by atoms with E-state index in [1.807, 2.05) is 38.1 Å². The molecular weight excluding hydrogens is 214 g/mol. The van der Waals surface area contributed by atoms with Gasteiger partial charge in [-0.1, -0.05) is 6.92 Å². The second-order valence-corrected chi connectivity index (χ2v) is 4.06. The molecule has 1 N–H and O–H groups in total. The van der Waals surface area contributed by atoms with E-state index in [-0.39, 0.29) is 11.8 Å². The number of hydrogen-bond donors (Lipinski definition) is 1. The Morgan fingerprint density at radius 1 is 1.29 bits per heavy atom. The lowest BCUT2D eigenvalue weighted by atomic mass is 10.1. The van der Waals surface area contributed by atoms with Gasteiger partial charge >= 0.3 is 0 Å². The first-order chi connectivity index (χ1) is 8.17. The molecular formula is C14H21NO2. The second kappa shape index (κ2) is 7.07. The van der Waals surface area contributed by atoms with Crippen molar-refractivity contribution in [2.75, 3.05) is 18.5 Å². The van der Waals surface area contributed by atoms with Crippen LogP contribution in [0.2, 0.25) is 0 Å². The first kappa shape index (κ1) is 13.7. The van der Waals surface area contributed by atoms with Gasteiger partial charge in [-0.3, -0.25) is 4.79 Å². The van der Waals surface area contributed by atoms with Gasteiger partial charge in [-0.15, -0.1) is 0 Å². The van der Waals surface area contributed by atoms with Crippen LogP contribution in [-0.2, 0) is 4.74 Å². The number of ketones is 1. The fourth-order valence-electron chi connectivity index (χ4n) is 1.58. The molecule has 0 spiro atoms. The van der Waals surface area contributed by atoms with Gasteiger partial charge < -0.3 is 10.1 Å². The number of carbonyl (C=O) groups excluding carboxylic acids is 1. The van der Waals surface area contributed by atoms with Crippen LogP contribution in [0.4, 0.5) is 5.69 Å². The van der Waals surface area contributed by atoms with E-state index in [0.29, 0.717) is 13.0 Å². The van der Waals surface area contributed by atoms with Crippen LogP contribution in [0.1, 0.15) is 37.6 Å². The zero-order chi connectivity index (χ0) is 12.7. The Kier molecular flexibility index (Phi) is 5.70. The zero-order valence-corrected chi connectivity index (χ0v) is 10.8. The lowest BCUT2D eigenvalue weighted by molar-refractivity contribution is 0.0988. The third kappa shape index (κ3) is 4.57. The molecule has 94 valence electrons. The normalized spacial score (nSPS) is 12.2. The maximum atomic E-state index is 11.4. The molecule has 0 aromatic heterocycles. The summed E-state index contributed by atoms with van der Waals surface area (Å²) in [7, 11) is 0. The van der Waals surface area contributed by atoms with E-state index < -0.39 is 0 Å². The summed E-state index contributed by atoms with van der Waals surface area (Å²) in [6, 6.07) is 7.86. The van der Waals surface area contributed by atoms with Crippen molar-refractivity contribution in [2.45, 2.75) is 33.2 Å². The van der Waals surface area contributed by atoms with Crippen molar-refractivity contribution in [1.82, 2.24) is 0 Å². The number of carbonyl (C=O) groups is 1. The average molecular weight is 235 g/mol. The summed E-state index contributed by atoms with van der Waals surface area (Å²) in [5.41, 5.74) is 1.79. The minimum Gasteiger partial charge on any atom is -0.380 e. The lowest BCUT2D eigenvalue weighted by Gasteiger charge is -2.15. The number of Topliss-reactive ketones (excluding diaryl/α,β-unsaturated/α-hetero) is 1. The van der Waals surface area contributed by atoms with Crippen LogP contribution in [-0.4, -0.2) is 25.0 Å². The number of rotatable bonds is 7. The van der Waals surface area contributed by atoms with Crippen LogP contribution in [0.15, 0.2) is 24.3 Å². The van der Waals surface area contributed by atoms with Crippen LogP contribution >= 0.6 is 0 Å². The van der Waals surface area contributed by atoms with Crippen molar-refractivity contribution in [3.63, 3.8) is 0 Å². The predicted octanol–water partition coefficient (Wildman–Crippen LogP) is 3.12. The molecule has 3 heteroatoms. The summed E-state index contributed by atoms with van der Waals surface area (Å²) in [5.74, 6) is 0.180. The molecule has 0 aliphatic rings. The Morgan fingerprint density at radius 3 is 2.47 bits per heavy atom. The van der Waals surface area contributed by atoms with Crippen LogP contribution in [0.3, 0.4) is 0 Å². The smallest absolute Gasteiger partial charge is 0.162 e. The van der Waals surface area contributed by atoms with Gasteiger partial charge in [0.05, 0.1) is 6.61 Å². The number of hydrogen-bond acceptors (Lipinski definition) is 3. The fourth-order valence-corrected chi connectivity index (χ4v) is 1.58. The molecule has 0 saturated heterocycles. The summed E-state index contributed by atoms with van der Waals surface area (Å²) in [6.45, 7) is 7.35. The van der Waals surface area contributed by atoms with E-state index in [0.717, 1.165) is 17.9 Å². The first-order valence-electron chi connectivity index (χ1n) is 6.14. The van der Waals surface area contributed by atoms with E-state index in [1.165, 1.54) is 0 Å². The molecule has 1 atom stereocenters. The Labute approximate surface area is 103 Å². The maximum absolute atomic E-state index is 11.4. The molecule has 0 bridgehead atoms. The molecule has 0 amide bonds. The molecule has 1 aromatic carbocycles. The van der Waals surface area contributed by atoms with Crippen LogP contribution in [0.5, 0.6) is 0 Å². The monoisotopic (exact) mass is 235 g/mol. The van der Waals surface area contributed by atoms with E-state index in [1.54, 1.807) is 0 Å². The molecule has 1 rings (SSSR count). The highest BCUT2D eigenvalue weighted by atomic mass is 16.5. The Bertz CT molecular complexity index is 346. The highest BCUT2D eigenvalue weighted by molar-refractivity contribution is 5.96. The fraction of sp³-hybridized carbons (Fsp3) is 0.500. The minimum absolute atomic E-state index is 0.180. The van der Waals surface area contributed by atoms with Gasteiger partial charge in [-0.05, 0) is 38.1 Å². The van der Waals surface area contributed by atoms with Crippen molar-refractivity contribution in [2.24, 2.45) is 0 Å². The minimum atomic E-state index is 0.180. The molecule has 0 fully saturated rings. The topological polar surface area (TPSA) is 38.3 Å². The predicted molar refractivity (Wildman–Crippen MR) is 70.6 cm³/mol. The Hall–Kier alpha value is -1.35. The van der Waals surface area contributed by atoms with Crippen molar-refractivity contribution in [3.05, 3.63) is 29.8 Å². The summed E-state index contributed by atoms with van der Waals surface area (Å²) in [4.78, 5) is 11.4. The first-order valence-corrected chi connectivity index (χ1v) is 6.14. The van der Waals surface area contributed by atoms with E-state index >= 15 is 0 Å². The number of ether oxygens (including phenoxy) is 1. The third-order valence-electron chi connectivity index (χ3n) is 2.51. The van der Waals surface area contributed by atoms with Gasteiger partial charge in [0.1, 0.15) is 0 Å². The maximum Gasteiger partial charge on any atom is 0.162 e. The molecule has 17 heavy (non-hydrogen) atoms. The van der Waals surface area contributed by atoms with Gasteiger partial charge in [-0.2, -0.15) is 0 Å². The molecule has 3 nitrogen and oxygen atoms in total. The molecule has 0 saturated carbocycles. The largest absolute Gasteiger partial charge is 0.380 e. The number of anilines is 1. The van der Waals surface area contributed by atoms with Crippen LogP contribution in [0.25, 0.3) is 0 Å². The Balaban J connectivity index is 2.53. The van der Waals surface area contributed by atoms with E-state index in [4.69, 9.17) is 4.74 Å². The Morgan fingerprint density at radius 2 is 1.94 bits per heavy atom. The summed E-state index contributed by atoms with van der Waals surface area (Å²) < 4.78 is 5.33. The highest BCUT2D eigenvalue weighted by Crippen LogP contribution is 2.12. The zero-order valence-electron chi connectivity index (χ0n) is 10.8. The van der Waals surface area contributed by atoms with Crippen molar-refractivity contribution >= 4 is 11.5 Å². The molecule has 0 heterocycles. The van der Waals surface area contributed by atoms with Crippen LogP contribution < -0.4 is 5.32 Å². The molecule has 0 aliphatic carbocycles. The standard InChI is InChI=1S/C14H21NO2/c1-4-14(16)12-6-8-13(9-7-12)15-11(3)10-17-5-2/h6-9,11,15H,4-5,10H2,1-3H3. The number of nitrogens with one attached hydrogen (secondary N) is 1. The van der Waals surface area contributed by atoms with Crippen LogP contribution in [0, 0.1) is 0 Å². The van der Waals surface area contributed by atoms with Crippen molar-refractivity contribution < 1.29 is 9.53 Å². The summed E-state index contributed by atoms with van der Waals surface area (Å²) in [6.07, 6.45) is 0.549. The van der Waals surface area contributed by atoms with E-state index in [2.05, 4.69) is 12.2 Å². The van der Waals surface area contributed by atoms with Gasteiger partial charge in [0, 0.05) is 30.3 Å². The lowest BCUT2D eigenvalue weighted by Crippen LogP contribution is -2.21. The average Bonchev–Trinajstić information content (AvgIpc) is 2.36. The second-order valence-electron chi connectivity index (χ2n) is 4.06. The molecule has 0 aliphatic heterocycles. The highest BCUT2D eigenvalue weighted by Gasteiger charge is 2.04. The SMILES string of the molecule is CCOCC(C)Nc1ccc(C(=O)CC)cc1. The third-order valence-corrected chi connectivity index (χ3v) is 2.51. The molecule has 1 aromatic rings. The van der Waals surface area contributed by atoms with Gasteiger partial charge in [0.25, 0.3) is 0 Å². The van der Waals surface area contributed by atoms with Crippen molar-refractivity contribution in [1.29, 1.82) is 0 Å². The number of benzene rings is 1. The van der Waals surface area contributed by atoms with Crippen molar-refractivity contribution in [3.8, 4) is 0 Å². The summed E-state index contributed by atoms with van der Waals surface area (Å²) in [5, 5.41) is 3.32. The van der Waals surface area contributed by atoms with Gasteiger partial charge in [0.2, 0.25) is 0 Å². The molecule has 1 unspecified atom stereocenters. The quantitative estimate of drug-likeness (QED) is 0.738. The van der Waals surface area contributed by atoms with E-state index in [9.17, 15) is 4.79 Å². The molecule has 0 radical (unpaired) electrons. The van der Waals surface area contributed by atoms with Gasteiger partial charge in [0.15, 0.2) is 5.78 Å².